The Labute approximate surface area is 169 Å². The van der Waals surface area contributed by atoms with E-state index in [-0.39, 0.29) is 24.0 Å². The lowest BCUT2D eigenvalue weighted by molar-refractivity contribution is 0.780. The van der Waals surface area contributed by atoms with Crippen LogP contribution < -0.4 is 10.6 Å². The normalized spacial score (nSPS) is 11.4. The maximum Gasteiger partial charge on any atom is 0.191 e. The first-order chi connectivity index (χ1) is 11.7. The summed E-state index contributed by atoms with van der Waals surface area (Å²) in [6.07, 6.45) is 0. The number of thiophene rings is 1. The molecule has 3 aromatic rings. The zero-order valence-corrected chi connectivity index (χ0v) is 17.9. The van der Waals surface area contributed by atoms with Crippen LogP contribution in [0.2, 0.25) is 0 Å². The second kappa shape index (κ2) is 9.19. The molecule has 3 rings (SSSR count). The van der Waals surface area contributed by atoms with Crippen molar-refractivity contribution in [2.24, 2.45) is 12.0 Å². The number of fused-ring (bicyclic) bond motifs is 1. The minimum atomic E-state index is 0. The minimum Gasteiger partial charge on any atom is -0.357 e. The van der Waals surface area contributed by atoms with Crippen LogP contribution >= 0.6 is 35.3 Å². The van der Waals surface area contributed by atoms with Gasteiger partial charge in [-0.2, -0.15) is 0 Å². The molecular formula is C18H24IN5S. The van der Waals surface area contributed by atoms with E-state index in [1.807, 2.05) is 25.2 Å². The lowest BCUT2D eigenvalue weighted by Crippen LogP contribution is -2.36. The van der Waals surface area contributed by atoms with Gasteiger partial charge in [0.1, 0.15) is 12.4 Å². The molecule has 2 N–H and O–H groups in total. The molecule has 2 heterocycles. The van der Waals surface area contributed by atoms with E-state index in [1.165, 1.54) is 10.4 Å². The Hall–Kier alpha value is -1.61. The van der Waals surface area contributed by atoms with Gasteiger partial charge in [-0.3, -0.25) is 0 Å². The van der Waals surface area contributed by atoms with Crippen LogP contribution in [0.3, 0.4) is 0 Å². The SMILES string of the molecule is CCNC(=NCc1nc2ccccc2n1C)NCc1sccc1C.I. The van der Waals surface area contributed by atoms with E-state index in [0.717, 1.165) is 35.9 Å². The Balaban J connectivity index is 0.00000225. The van der Waals surface area contributed by atoms with Crippen LogP contribution in [0.5, 0.6) is 0 Å². The van der Waals surface area contributed by atoms with Gasteiger partial charge in [0.2, 0.25) is 0 Å². The molecule has 0 fully saturated rings. The van der Waals surface area contributed by atoms with Crippen molar-refractivity contribution in [2.45, 2.75) is 26.9 Å². The van der Waals surface area contributed by atoms with Gasteiger partial charge < -0.3 is 15.2 Å². The molecule has 0 aliphatic heterocycles. The van der Waals surface area contributed by atoms with E-state index in [4.69, 9.17) is 0 Å². The van der Waals surface area contributed by atoms with Gasteiger partial charge in [-0.1, -0.05) is 12.1 Å². The summed E-state index contributed by atoms with van der Waals surface area (Å²) in [7, 11) is 2.04. The fourth-order valence-corrected chi connectivity index (χ4v) is 3.42. The highest BCUT2D eigenvalue weighted by Crippen LogP contribution is 2.16. The number of imidazole rings is 1. The molecule has 0 saturated heterocycles. The predicted octanol–water partition coefficient (Wildman–Crippen LogP) is 3.82. The third kappa shape index (κ3) is 4.72. The summed E-state index contributed by atoms with van der Waals surface area (Å²) in [5.41, 5.74) is 3.46. The highest BCUT2D eigenvalue weighted by atomic mass is 127. The van der Waals surface area contributed by atoms with Crippen molar-refractivity contribution in [1.29, 1.82) is 0 Å². The molecule has 0 saturated carbocycles. The number of hydrogen-bond donors (Lipinski definition) is 2. The van der Waals surface area contributed by atoms with Gasteiger partial charge in [-0.05, 0) is 43.0 Å². The summed E-state index contributed by atoms with van der Waals surface area (Å²) in [6.45, 7) is 6.37. The summed E-state index contributed by atoms with van der Waals surface area (Å²) < 4.78 is 2.10. The quantitative estimate of drug-likeness (QED) is 0.340. The van der Waals surface area contributed by atoms with E-state index < -0.39 is 0 Å². The number of hydrogen-bond acceptors (Lipinski definition) is 3. The van der Waals surface area contributed by atoms with Crippen LogP contribution in [0.25, 0.3) is 11.0 Å². The Kier molecular flexibility index (Phi) is 7.24. The van der Waals surface area contributed by atoms with Crippen molar-refractivity contribution < 1.29 is 0 Å². The number of halogens is 1. The number of aromatic nitrogens is 2. The highest BCUT2D eigenvalue weighted by molar-refractivity contribution is 14.0. The van der Waals surface area contributed by atoms with Gasteiger partial charge in [0, 0.05) is 18.5 Å². The first-order valence-electron chi connectivity index (χ1n) is 8.14. The summed E-state index contributed by atoms with van der Waals surface area (Å²) in [4.78, 5) is 10.7. The second-order valence-electron chi connectivity index (χ2n) is 5.65. The van der Waals surface area contributed by atoms with Crippen molar-refractivity contribution >= 4 is 52.3 Å². The Bertz CT molecular complexity index is 852. The minimum absolute atomic E-state index is 0. The maximum absolute atomic E-state index is 4.68. The van der Waals surface area contributed by atoms with E-state index >= 15 is 0 Å². The molecule has 134 valence electrons. The molecule has 0 aliphatic carbocycles. The van der Waals surface area contributed by atoms with E-state index in [1.54, 1.807) is 11.3 Å². The van der Waals surface area contributed by atoms with Gasteiger partial charge in [-0.25, -0.2) is 9.98 Å². The number of aryl methyl sites for hydroxylation is 2. The molecule has 1 aromatic carbocycles. The number of rotatable bonds is 5. The van der Waals surface area contributed by atoms with Gasteiger partial charge in [-0.15, -0.1) is 35.3 Å². The van der Waals surface area contributed by atoms with Crippen LogP contribution in [-0.4, -0.2) is 22.1 Å². The monoisotopic (exact) mass is 469 g/mol. The summed E-state index contributed by atoms with van der Waals surface area (Å²) in [6, 6.07) is 10.3. The van der Waals surface area contributed by atoms with Crippen molar-refractivity contribution in [3.8, 4) is 0 Å². The smallest absolute Gasteiger partial charge is 0.191 e. The van der Waals surface area contributed by atoms with E-state index in [9.17, 15) is 0 Å². The molecule has 5 nitrogen and oxygen atoms in total. The Morgan fingerprint density at radius 3 is 2.72 bits per heavy atom. The fourth-order valence-electron chi connectivity index (χ4n) is 2.58. The predicted molar refractivity (Wildman–Crippen MR) is 117 cm³/mol. The molecule has 0 bridgehead atoms. The molecule has 7 heteroatoms. The van der Waals surface area contributed by atoms with E-state index in [0.29, 0.717) is 6.54 Å². The zero-order chi connectivity index (χ0) is 16.9. The van der Waals surface area contributed by atoms with Crippen LogP contribution in [-0.2, 0) is 20.1 Å². The molecule has 0 amide bonds. The van der Waals surface area contributed by atoms with Crippen molar-refractivity contribution in [3.63, 3.8) is 0 Å². The number of nitrogens with one attached hydrogen (secondary N) is 2. The van der Waals surface area contributed by atoms with Crippen LogP contribution in [0, 0.1) is 6.92 Å². The number of aliphatic imine (C=N–C) groups is 1. The van der Waals surface area contributed by atoms with Crippen LogP contribution in [0.1, 0.15) is 23.2 Å². The van der Waals surface area contributed by atoms with Crippen molar-refractivity contribution in [1.82, 2.24) is 20.2 Å². The second-order valence-corrected chi connectivity index (χ2v) is 6.65. The molecule has 0 aliphatic rings. The number of benzene rings is 1. The largest absolute Gasteiger partial charge is 0.357 e. The average molecular weight is 469 g/mol. The standard InChI is InChI=1S/C18H23N5S.HI/c1-4-19-18(20-11-16-13(2)9-10-24-16)21-12-17-22-14-7-5-6-8-15(14)23(17)3;/h5-10H,4,11-12H2,1-3H3,(H2,19,20,21);1H. The van der Waals surface area contributed by atoms with Crippen molar-refractivity contribution in [2.75, 3.05) is 6.54 Å². The van der Waals surface area contributed by atoms with Crippen LogP contribution in [0.4, 0.5) is 0 Å². The van der Waals surface area contributed by atoms with E-state index in [2.05, 4.69) is 56.5 Å². The number of para-hydroxylation sites is 2. The lowest BCUT2D eigenvalue weighted by atomic mass is 10.3. The molecule has 0 spiro atoms. The summed E-state index contributed by atoms with van der Waals surface area (Å²) in [5.74, 6) is 1.78. The fraction of sp³-hybridized carbons (Fsp3) is 0.333. The third-order valence-corrected chi connectivity index (χ3v) is 5.01. The highest BCUT2D eigenvalue weighted by Gasteiger charge is 2.07. The molecule has 0 atom stereocenters. The molecule has 25 heavy (non-hydrogen) atoms. The average Bonchev–Trinajstić information content (AvgIpc) is 3.14. The summed E-state index contributed by atoms with van der Waals surface area (Å²) in [5, 5.41) is 8.81. The van der Waals surface area contributed by atoms with Crippen LogP contribution in [0.15, 0.2) is 40.7 Å². The Morgan fingerprint density at radius 1 is 1.24 bits per heavy atom. The van der Waals surface area contributed by atoms with Gasteiger partial charge in [0.25, 0.3) is 0 Å². The van der Waals surface area contributed by atoms with Gasteiger partial charge in [0.15, 0.2) is 5.96 Å². The Morgan fingerprint density at radius 2 is 2.04 bits per heavy atom. The molecule has 2 aromatic heterocycles. The zero-order valence-electron chi connectivity index (χ0n) is 14.7. The molecule has 0 radical (unpaired) electrons. The molecular weight excluding hydrogens is 445 g/mol. The first kappa shape index (κ1) is 19.7. The molecule has 0 unspecified atom stereocenters. The summed E-state index contributed by atoms with van der Waals surface area (Å²) >= 11 is 1.77. The van der Waals surface area contributed by atoms with Gasteiger partial charge in [0.05, 0.1) is 17.6 Å². The number of nitrogens with zero attached hydrogens (tertiary/aromatic N) is 3. The topological polar surface area (TPSA) is 54.2 Å². The third-order valence-electron chi connectivity index (χ3n) is 3.99. The lowest BCUT2D eigenvalue weighted by Gasteiger charge is -2.11. The number of guanidine groups is 1. The maximum atomic E-state index is 4.68. The first-order valence-corrected chi connectivity index (χ1v) is 9.02. The van der Waals surface area contributed by atoms with Gasteiger partial charge >= 0.3 is 0 Å². The van der Waals surface area contributed by atoms with Crippen molar-refractivity contribution in [3.05, 3.63) is 52.0 Å².